The molecule has 0 spiro atoms. The Morgan fingerprint density at radius 2 is 1.83 bits per heavy atom. The molecule has 1 N–H and O–H groups in total. The third kappa shape index (κ3) is 4.39. The van der Waals surface area contributed by atoms with E-state index in [1.54, 1.807) is 19.1 Å². The molecular formula is C16H17N3O4S. The molecule has 0 aliphatic heterocycles. The number of nitrogens with zero attached hydrogens (tertiary/aromatic N) is 2. The lowest BCUT2D eigenvalue weighted by Crippen LogP contribution is -2.14. The van der Waals surface area contributed by atoms with Crippen LogP contribution < -0.4 is 9.46 Å². The fourth-order valence-corrected chi connectivity index (χ4v) is 2.80. The maximum atomic E-state index is 12.3. The van der Waals surface area contributed by atoms with Crippen molar-refractivity contribution in [2.45, 2.75) is 18.2 Å². The highest BCUT2D eigenvalue weighted by Gasteiger charge is 2.15. The molecule has 0 bridgehead atoms. The molecule has 0 aliphatic rings. The molecule has 0 unspecified atom stereocenters. The SMILES string of the molecule is C=C(C)C(=O)Cc1ccc(S(=O)(=O)Nc2ccc(OC)nn2)cc1. The number of methoxy groups -OCH3 is 1. The maximum absolute atomic E-state index is 12.3. The maximum Gasteiger partial charge on any atom is 0.263 e. The molecule has 0 atom stereocenters. The van der Waals surface area contributed by atoms with Crippen LogP contribution in [0.2, 0.25) is 0 Å². The second kappa shape index (κ2) is 7.22. The fourth-order valence-electron chi connectivity index (χ4n) is 1.80. The van der Waals surface area contributed by atoms with Gasteiger partial charge in [0.2, 0.25) is 5.88 Å². The summed E-state index contributed by atoms with van der Waals surface area (Å²) in [5, 5.41) is 7.41. The van der Waals surface area contributed by atoms with E-state index in [4.69, 9.17) is 4.74 Å². The van der Waals surface area contributed by atoms with Gasteiger partial charge in [-0.3, -0.25) is 9.52 Å². The minimum atomic E-state index is -3.79. The topological polar surface area (TPSA) is 98.2 Å². The predicted octanol–water partition coefficient (Wildman–Crippen LogP) is 1.97. The van der Waals surface area contributed by atoms with Crippen molar-refractivity contribution in [3.05, 3.63) is 54.1 Å². The van der Waals surface area contributed by atoms with Gasteiger partial charge in [0.1, 0.15) is 0 Å². The van der Waals surface area contributed by atoms with Gasteiger partial charge in [0, 0.05) is 12.5 Å². The van der Waals surface area contributed by atoms with Crippen LogP contribution >= 0.6 is 0 Å². The van der Waals surface area contributed by atoms with Gasteiger partial charge >= 0.3 is 0 Å². The van der Waals surface area contributed by atoms with Crippen molar-refractivity contribution in [2.24, 2.45) is 0 Å². The lowest BCUT2D eigenvalue weighted by Gasteiger charge is -2.08. The summed E-state index contributed by atoms with van der Waals surface area (Å²) in [6.07, 6.45) is 0.188. The van der Waals surface area contributed by atoms with E-state index >= 15 is 0 Å². The number of ether oxygens (including phenoxy) is 1. The second-order valence-electron chi connectivity index (χ2n) is 5.09. The summed E-state index contributed by atoms with van der Waals surface area (Å²) in [5.41, 5.74) is 1.18. The summed E-state index contributed by atoms with van der Waals surface area (Å²) in [5.74, 6) is 0.277. The van der Waals surface area contributed by atoms with Crippen molar-refractivity contribution in [3.63, 3.8) is 0 Å². The minimum Gasteiger partial charge on any atom is -0.480 e. The third-order valence-electron chi connectivity index (χ3n) is 3.16. The molecule has 2 aromatic rings. The Kier molecular flexibility index (Phi) is 5.30. The van der Waals surface area contributed by atoms with E-state index in [9.17, 15) is 13.2 Å². The Morgan fingerprint density at radius 1 is 1.17 bits per heavy atom. The smallest absolute Gasteiger partial charge is 0.263 e. The van der Waals surface area contributed by atoms with Crippen LogP contribution in [-0.4, -0.2) is 31.5 Å². The summed E-state index contributed by atoms with van der Waals surface area (Å²) >= 11 is 0. The van der Waals surface area contributed by atoms with Gasteiger partial charge in [0.05, 0.1) is 12.0 Å². The molecule has 0 aliphatic carbocycles. The Hall–Kier alpha value is -2.74. The molecule has 0 radical (unpaired) electrons. The molecule has 0 saturated carbocycles. The average molecular weight is 347 g/mol. The summed E-state index contributed by atoms with van der Waals surface area (Å²) in [4.78, 5) is 11.7. The van der Waals surface area contributed by atoms with Crippen molar-refractivity contribution in [1.82, 2.24) is 10.2 Å². The number of aromatic nitrogens is 2. The number of carbonyl (C=O) groups excluding carboxylic acids is 1. The normalized spacial score (nSPS) is 10.9. The number of hydrogen-bond acceptors (Lipinski definition) is 6. The largest absolute Gasteiger partial charge is 0.480 e. The Labute approximate surface area is 140 Å². The molecule has 1 aromatic carbocycles. The van der Waals surface area contributed by atoms with E-state index in [2.05, 4.69) is 21.5 Å². The summed E-state index contributed by atoms with van der Waals surface area (Å²) < 4.78 is 31.8. The highest BCUT2D eigenvalue weighted by Crippen LogP contribution is 2.16. The summed E-state index contributed by atoms with van der Waals surface area (Å²) in [6.45, 7) is 5.23. The molecule has 2 rings (SSSR count). The quantitative estimate of drug-likeness (QED) is 0.769. The van der Waals surface area contributed by atoms with E-state index in [0.717, 1.165) is 0 Å². The van der Waals surface area contributed by atoms with Gasteiger partial charge < -0.3 is 4.74 Å². The van der Waals surface area contributed by atoms with E-state index in [0.29, 0.717) is 11.1 Å². The number of anilines is 1. The van der Waals surface area contributed by atoms with E-state index in [1.165, 1.54) is 31.4 Å². The number of sulfonamides is 1. The monoisotopic (exact) mass is 347 g/mol. The molecule has 0 fully saturated rings. The van der Waals surface area contributed by atoms with Crippen LogP contribution in [0.3, 0.4) is 0 Å². The molecule has 7 nitrogen and oxygen atoms in total. The van der Waals surface area contributed by atoms with Gasteiger partial charge in [0.25, 0.3) is 10.0 Å². The first-order valence-electron chi connectivity index (χ1n) is 7.00. The van der Waals surface area contributed by atoms with Gasteiger partial charge in [-0.1, -0.05) is 18.7 Å². The number of benzene rings is 1. The molecule has 0 saturated heterocycles. The molecule has 1 heterocycles. The van der Waals surface area contributed by atoms with E-state index in [-0.39, 0.29) is 28.8 Å². The van der Waals surface area contributed by atoms with Crippen LogP contribution in [0.4, 0.5) is 5.82 Å². The van der Waals surface area contributed by atoms with Crippen LogP contribution in [0.5, 0.6) is 5.88 Å². The van der Waals surface area contributed by atoms with Crippen molar-refractivity contribution in [2.75, 3.05) is 11.8 Å². The highest BCUT2D eigenvalue weighted by atomic mass is 32.2. The first-order chi connectivity index (χ1) is 11.3. The number of allylic oxidation sites excluding steroid dienone is 1. The Bertz CT molecular complexity index is 844. The second-order valence-corrected chi connectivity index (χ2v) is 6.77. The van der Waals surface area contributed by atoms with Crippen molar-refractivity contribution >= 4 is 21.6 Å². The summed E-state index contributed by atoms with van der Waals surface area (Å²) in [7, 11) is -2.35. The van der Waals surface area contributed by atoms with Gasteiger partial charge in [-0.25, -0.2) is 8.42 Å². The molecule has 0 amide bonds. The number of hydrogen-bond donors (Lipinski definition) is 1. The van der Waals surface area contributed by atoms with Crippen molar-refractivity contribution < 1.29 is 17.9 Å². The molecule has 126 valence electrons. The van der Waals surface area contributed by atoms with Gasteiger partial charge in [-0.05, 0) is 36.3 Å². The first kappa shape index (κ1) is 17.6. The Balaban J connectivity index is 2.13. The average Bonchev–Trinajstić information content (AvgIpc) is 2.55. The zero-order valence-corrected chi connectivity index (χ0v) is 14.1. The standard InChI is InChI=1S/C16H17N3O4S/c1-11(2)14(20)10-12-4-6-13(7-5-12)24(21,22)19-15-8-9-16(23-3)18-17-15/h4-9H,1,10H2,2-3H3,(H,17,19). The fraction of sp³-hybridized carbons (Fsp3) is 0.188. The van der Waals surface area contributed by atoms with Crippen LogP contribution in [0.1, 0.15) is 12.5 Å². The van der Waals surface area contributed by atoms with Gasteiger partial charge in [-0.2, -0.15) is 0 Å². The van der Waals surface area contributed by atoms with E-state index < -0.39 is 10.0 Å². The van der Waals surface area contributed by atoms with Crippen molar-refractivity contribution in [3.8, 4) is 5.88 Å². The van der Waals surface area contributed by atoms with Gasteiger partial charge in [-0.15, -0.1) is 10.2 Å². The van der Waals surface area contributed by atoms with Crippen molar-refractivity contribution in [1.29, 1.82) is 0 Å². The predicted molar refractivity (Wildman–Crippen MR) is 89.4 cm³/mol. The van der Waals surface area contributed by atoms with Crippen LogP contribution in [0.15, 0.2) is 53.4 Å². The lowest BCUT2D eigenvalue weighted by atomic mass is 10.1. The van der Waals surface area contributed by atoms with Crippen LogP contribution in [0.25, 0.3) is 0 Å². The number of rotatable bonds is 7. The first-order valence-corrected chi connectivity index (χ1v) is 8.48. The molecule has 1 aromatic heterocycles. The van der Waals surface area contributed by atoms with Gasteiger partial charge in [0.15, 0.2) is 11.6 Å². The number of nitrogens with one attached hydrogen (secondary N) is 1. The number of ketones is 1. The third-order valence-corrected chi connectivity index (χ3v) is 4.53. The minimum absolute atomic E-state index is 0.0617. The Morgan fingerprint density at radius 3 is 2.33 bits per heavy atom. The zero-order chi connectivity index (χ0) is 17.7. The number of Topliss-reactive ketones (excluding diaryl/α,β-unsaturated/α-hetero) is 1. The number of carbonyl (C=O) groups is 1. The van der Waals surface area contributed by atoms with Crippen LogP contribution in [0, 0.1) is 0 Å². The lowest BCUT2D eigenvalue weighted by molar-refractivity contribution is -0.114. The van der Waals surface area contributed by atoms with Crippen LogP contribution in [-0.2, 0) is 21.2 Å². The molecule has 24 heavy (non-hydrogen) atoms. The van der Waals surface area contributed by atoms with E-state index in [1.807, 2.05) is 0 Å². The molecule has 8 heteroatoms. The highest BCUT2D eigenvalue weighted by molar-refractivity contribution is 7.92. The summed E-state index contributed by atoms with van der Waals surface area (Å²) in [6, 6.07) is 8.99. The molecular weight excluding hydrogens is 330 g/mol. The zero-order valence-electron chi connectivity index (χ0n) is 13.3.